The number of carbonyl (C=O) groups excluding carboxylic acids is 1. The Labute approximate surface area is 181 Å². The van der Waals surface area contributed by atoms with Crippen molar-refractivity contribution in [2.24, 2.45) is 0 Å². The van der Waals surface area contributed by atoms with E-state index in [1.807, 2.05) is 19.9 Å². The lowest BCUT2D eigenvalue weighted by Crippen LogP contribution is -2.46. The number of aromatic hydroxyl groups is 1. The van der Waals surface area contributed by atoms with Gasteiger partial charge in [0.2, 0.25) is 0 Å². The van der Waals surface area contributed by atoms with Crippen molar-refractivity contribution in [3.8, 4) is 5.75 Å². The number of benzene rings is 1. The summed E-state index contributed by atoms with van der Waals surface area (Å²) in [5.74, 6) is -0.476. The number of nitrogens with one attached hydrogen (secondary N) is 3. The van der Waals surface area contributed by atoms with E-state index >= 15 is 0 Å². The fourth-order valence-corrected chi connectivity index (χ4v) is 2.76. The van der Waals surface area contributed by atoms with Crippen molar-refractivity contribution in [2.45, 2.75) is 58.5 Å². The number of nitrogens with zero attached hydrogens (tertiary/aromatic N) is 1. The molecule has 0 aromatic heterocycles. The van der Waals surface area contributed by atoms with E-state index in [-0.39, 0.29) is 23.6 Å². The Bertz CT molecular complexity index is 774. The van der Waals surface area contributed by atoms with Crippen LogP contribution in [0.1, 0.15) is 57.9 Å². The van der Waals surface area contributed by atoms with Crippen molar-refractivity contribution in [1.29, 1.82) is 10.8 Å². The van der Waals surface area contributed by atoms with Crippen LogP contribution in [0.3, 0.4) is 0 Å². The van der Waals surface area contributed by atoms with Gasteiger partial charge >= 0.3 is 12.2 Å². The van der Waals surface area contributed by atoms with Gasteiger partial charge in [-0.05, 0) is 49.1 Å². The zero-order valence-electron chi connectivity index (χ0n) is 18.0. The smallest absolute Gasteiger partial charge is 0.390 e. The molecule has 0 unspecified atom stereocenters. The molecule has 0 aliphatic rings. The molecule has 4 N–H and O–H groups in total. The highest BCUT2D eigenvalue weighted by Crippen LogP contribution is 2.21. The third-order valence-corrected chi connectivity index (χ3v) is 4.56. The number of halogens is 3. The third kappa shape index (κ3) is 9.67. The first kappa shape index (κ1) is 26.2. The largest absolute Gasteiger partial charge is 0.508 e. The van der Waals surface area contributed by atoms with Gasteiger partial charge in [0, 0.05) is 12.1 Å². The molecular formula is C22H31F3N4O2. The Morgan fingerprint density at radius 1 is 1.16 bits per heavy atom. The van der Waals surface area contributed by atoms with Gasteiger partial charge < -0.3 is 15.8 Å². The van der Waals surface area contributed by atoms with Gasteiger partial charge in [-0.15, -0.1) is 0 Å². The second kappa shape index (κ2) is 12.8. The van der Waals surface area contributed by atoms with Gasteiger partial charge in [0.25, 0.3) is 0 Å². The molecule has 9 heteroatoms. The number of hydrogen-bond donors (Lipinski definition) is 4. The van der Waals surface area contributed by atoms with Crippen LogP contribution in [0.5, 0.6) is 5.75 Å². The number of amides is 2. The zero-order valence-corrected chi connectivity index (χ0v) is 18.0. The van der Waals surface area contributed by atoms with E-state index in [1.54, 1.807) is 0 Å². The van der Waals surface area contributed by atoms with Crippen LogP contribution in [-0.4, -0.2) is 46.9 Å². The Balaban J connectivity index is 2.91. The minimum Gasteiger partial charge on any atom is -0.508 e. The number of rotatable bonds is 11. The zero-order chi connectivity index (χ0) is 23.4. The summed E-state index contributed by atoms with van der Waals surface area (Å²) in [7, 11) is 0. The quantitative estimate of drug-likeness (QED) is 0.265. The Morgan fingerprint density at radius 2 is 1.81 bits per heavy atom. The van der Waals surface area contributed by atoms with Gasteiger partial charge in [-0.3, -0.25) is 10.3 Å². The molecule has 0 aliphatic heterocycles. The molecule has 1 aromatic rings. The van der Waals surface area contributed by atoms with Crippen LogP contribution in [-0.2, 0) is 0 Å². The average molecular weight is 441 g/mol. The number of allylic oxidation sites excluding steroid dienone is 1. The summed E-state index contributed by atoms with van der Waals surface area (Å²) in [6.45, 7) is 3.20. The summed E-state index contributed by atoms with van der Waals surface area (Å²) in [5, 5.41) is 28.3. The summed E-state index contributed by atoms with van der Waals surface area (Å²) in [4.78, 5) is 13.3. The normalized spacial score (nSPS) is 11.8. The van der Waals surface area contributed by atoms with E-state index in [2.05, 4.69) is 5.32 Å². The van der Waals surface area contributed by atoms with E-state index in [9.17, 15) is 23.1 Å². The summed E-state index contributed by atoms with van der Waals surface area (Å²) in [6, 6.07) is 4.40. The lowest BCUT2D eigenvalue weighted by atomic mass is 10.0. The first-order valence-corrected chi connectivity index (χ1v) is 10.4. The molecule has 6 nitrogen and oxygen atoms in total. The van der Waals surface area contributed by atoms with Crippen LogP contribution in [0.15, 0.2) is 35.9 Å². The first-order valence-electron chi connectivity index (χ1n) is 10.4. The predicted molar refractivity (Wildman–Crippen MR) is 116 cm³/mol. The van der Waals surface area contributed by atoms with Crippen LogP contribution in [0, 0.1) is 10.8 Å². The minimum atomic E-state index is -4.49. The van der Waals surface area contributed by atoms with E-state index in [0.717, 1.165) is 31.3 Å². The van der Waals surface area contributed by atoms with Crippen molar-refractivity contribution < 1.29 is 23.1 Å². The molecule has 172 valence electrons. The highest BCUT2D eigenvalue weighted by atomic mass is 19.4. The number of carbonyl (C=O) groups is 1. The van der Waals surface area contributed by atoms with Gasteiger partial charge in [0.15, 0.2) is 0 Å². The maximum Gasteiger partial charge on any atom is 0.390 e. The maximum absolute atomic E-state index is 12.8. The topological polar surface area (TPSA) is 100 Å². The van der Waals surface area contributed by atoms with Gasteiger partial charge in [0.1, 0.15) is 11.6 Å². The van der Waals surface area contributed by atoms with E-state index < -0.39 is 31.0 Å². The molecular weight excluding hydrogens is 409 g/mol. The van der Waals surface area contributed by atoms with Crippen LogP contribution < -0.4 is 5.32 Å². The van der Waals surface area contributed by atoms with Crippen LogP contribution in [0.2, 0.25) is 0 Å². The molecule has 0 heterocycles. The monoisotopic (exact) mass is 440 g/mol. The molecule has 0 saturated heterocycles. The standard InChI is InChI=1S/C22H31F3N4O2/c1-3-5-7-16(8-6-4-2)19(26)15-28-21(31)29(14-13-22(23,24)25)20(27)17-9-11-18(30)12-10-17/h7,9-12,26-27,30H,3-6,8,13-15H2,1-2H3,(H,28,31). The number of amidine groups is 1. The molecule has 0 aliphatic carbocycles. The molecule has 1 rings (SSSR count). The van der Waals surface area contributed by atoms with Crippen molar-refractivity contribution in [2.75, 3.05) is 13.1 Å². The van der Waals surface area contributed by atoms with Crippen molar-refractivity contribution in [3.63, 3.8) is 0 Å². The van der Waals surface area contributed by atoms with Gasteiger partial charge in [0.05, 0.1) is 18.7 Å². The summed E-state index contributed by atoms with van der Waals surface area (Å²) in [6.07, 6.45) is 0.486. The Hall–Kier alpha value is -2.84. The van der Waals surface area contributed by atoms with Crippen LogP contribution in [0.4, 0.5) is 18.0 Å². The molecule has 0 saturated carbocycles. The molecule has 0 bridgehead atoms. The number of phenolic OH excluding ortho intramolecular Hbond substituents is 1. The highest BCUT2D eigenvalue weighted by molar-refractivity contribution is 6.07. The van der Waals surface area contributed by atoms with E-state index in [4.69, 9.17) is 10.8 Å². The molecule has 0 spiro atoms. The lowest BCUT2D eigenvalue weighted by molar-refractivity contribution is -0.135. The number of hydrogen-bond acceptors (Lipinski definition) is 4. The number of unbranched alkanes of at least 4 members (excludes halogenated alkanes) is 2. The highest BCUT2D eigenvalue weighted by Gasteiger charge is 2.30. The number of urea groups is 1. The summed E-state index contributed by atoms with van der Waals surface area (Å²) < 4.78 is 38.3. The van der Waals surface area contributed by atoms with Crippen molar-refractivity contribution >= 4 is 17.6 Å². The average Bonchev–Trinajstić information content (AvgIpc) is 2.71. The first-order chi connectivity index (χ1) is 14.6. The van der Waals surface area contributed by atoms with Gasteiger partial charge in [-0.2, -0.15) is 13.2 Å². The SMILES string of the molecule is CCCC=C(CCCC)C(=N)CNC(=O)N(CCC(F)(F)F)C(=N)c1ccc(O)cc1. The van der Waals surface area contributed by atoms with Gasteiger partial charge in [-0.25, -0.2) is 4.79 Å². The number of alkyl halides is 3. The third-order valence-electron chi connectivity index (χ3n) is 4.56. The molecule has 0 fully saturated rings. The summed E-state index contributed by atoms with van der Waals surface area (Å²) in [5.41, 5.74) is 1.22. The Morgan fingerprint density at radius 3 is 2.35 bits per heavy atom. The minimum absolute atomic E-state index is 0.0604. The van der Waals surface area contributed by atoms with Gasteiger partial charge in [-0.1, -0.05) is 32.8 Å². The lowest BCUT2D eigenvalue weighted by Gasteiger charge is -2.24. The molecule has 0 radical (unpaired) electrons. The van der Waals surface area contributed by atoms with E-state index in [0.29, 0.717) is 11.3 Å². The fourth-order valence-electron chi connectivity index (χ4n) is 2.76. The molecule has 31 heavy (non-hydrogen) atoms. The van der Waals surface area contributed by atoms with Crippen LogP contribution >= 0.6 is 0 Å². The molecule has 0 atom stereocenters. The van der Waals surface area contributed by atoms with Crippen molar-refractivity contribution in [3.05, 3.63) is 41.5 Å². The predicted octanol–water partition coefficient (Wildman–Crippen LogP) is 5.62. The van der Waals surface area contributed by atoms with Crippen molar-refractivity contribution in [1.82, 2.24) is 10.2 Å². The van der Waals surface area contributed by atoms with E-state index in [1.165, 1.54) is 24.3 Å². The second-order valence-electron chi connectivity index (χ2n) is 7.17. The fraction of sp³-hybridized carbons (Fsp3) is 0.500. The summed E-state index contributed by atoms with van der Waals surface area (Å²) >= 11 is 0. The number of phenols is 1. The second-order valence-corrected chi connectivity index (χ2v) is 7.17. The molecule has 1 aromatic carbocycles. The Kier molecular flexibility index (Phi) is 10.8. The van der Waals surface area contributed by atoms with Crippen LogP contribution in [0.25, 0.3) is 0 Å². The maximum atomic E-state index is 12.8. The molecule has 2 amide bonds.